The summed E-state index contributed by atoms with van der Waals surface area (Å²) < 4.78 is 1.02. The summed E-state index contributed by atoms with van der Waals surface area (Å²) in [7, 11) is 0. The second-order valence-corrected chi connectivity index (χ2v) is 3.36. The molecule has 3 N–H and O–H groups in total. The van der Waals surface area contributed by atoms with E-state index in [-0.39, 0.29) is 5.56 Å². The topological polar surface area (TPSA) is 98.2 Å². The monoisotopic (exact) mass is 231 g/mol. The number of aromatic carboxylic acids is 1. The van der Waals surface area contributed by atoms with E-state index in [0.717, 1.165) is 4.68 Å². The van der Waals surface area contributed by atoms with Crippen LogP contribution in [0, 0.1) is 0 Å². The van der Waals surface area contributed by atoms with Crippen molar-refractivity contribution in [2.24, 2.45) is 0 Å². The standard InChI is InChI=1S/C11H9N3O3/c12-7-1-3-8(4-2-7)14-10(15)9(11(16)17)5-6-13-14/h1-6H,12H2,(H,16,17). The largest absolute Gasteiger partial charge is 0.477 e. The summed E-state index contributed by atoms with van der Waals surface area (Å²) >= 11 is 0. The summed E-state index contributed by atoms with van der Waals surface area (Å²) in [6.45, 7) is 0. The fourth-order valence-corrected chi connectivity index (χ4v) is 1.37. The molecule has 2 rings (SSSR count). The Kier molecular flexibility index (Phi) is 2.61. The molecule has 0 saturated heterocycles. The van der Waals surface area contributed by atoms with Gasteiger partial charge in [-0.1, -0.05) is 0 Å². The Morgan fingerprint density at radius 1 is 1.24 bits per heavy atom. The molecule has 0 aliphatic heterocycles. The number of nitrogens with zero attached hydrogens (tertiary/aromatic N) is 2. The highest BCUT2D eigenvalue weighted by Crippen LogP contribution is 2.07. The number of rotatable bonds is 2. The van der Waals surface area contributed by atoms with Gasteiger partial charge < -0.3 is 10.8 Å². The number of carboxylic acid groups (broad SMARTS) is 1. The SMILES string of the molecule is Nc1ccc(-n2nccc(C(=O)O)c2=O)cc1. The predicted molar refractivity (Wildman–Crippen MR) is 61.2 cm³/mol. The molecule has 6 nitrogen and oxygen atoms in total. The van der Waals surface area contributed by atoms with Crippen LogP contribution in [0.5, 0.6) is 0 Å². The molecule has 0 aliphatic rings. The van der Waals surface area contributed by atoms with Gasteiger partial charge in [-0.2, -0.15) is 9.78 Å². The van der Waals surface area contributed by atoms with E-state index in [4.69, 9.17) is 10.8 Å². The van der Waals surface area contributed by atoms with Gasteiger partial charge in [0.2, 0.25) is 0 Å². The van der Waals surface area contributed by atoms with Gasteiger partial charge in [-0.05, 0) is 30.3 Å². The van der Waals surface area contributed by atoms with E-state index in [0.29, 0.717) is 11.4 Å². The fourth-order valence-electron chi connectivity index (χ4n) is 1.37. The van der Waals surface area contributed by atoms with Crippen LogP contribution in [0.2, 0.25) is 0 Å². The van der Waals surface area contributed by atoms with E-state index in [1.807, 2.05) is 0 Å². The number of nitrogens with two attached hydrogens (primary N) is 1. The van der Waals surface area contributed by atoms with E-state index < -0.39 is 11.5 Å². The lowest BCUT2D eigenvalue weighted by Crippen LogP contribution is -2.26. The molecule has 86 valence electrons. The van der Waals surface area contributed by atoms with Crippen molar-refractivity contribution in [2.75, 3.05) is 5.73 Å². The van der Waals surface area contributed by atoms with Gasteiger partial charge in [0.1, 0.15) is 5.56 Å². The highest BCUT2D eigenvalue weighted by molar-refractivity contribution is 5.86. The molecule has 1 aromatic heterocycles. The van der Waals surface area contributed by atoms with Gasteiger partial charge in [-0.15, -0.1) is 0 Å². The van der Waals surface area contributed by atoms with Crippen LogP contribution in [0.15, 0.2) is 41.3 Å². The van der Waals surface area contributed by atoms with Crippen molar-refractivity contribution in [3.05, 3.63) is 52.4 Å². The van der Waals surface area contributed by atoms with Crippen molar-refractivity contribution in [3.63, 3.8) is 0 Å². The van der Waals surface area contributed by atoms with Crippen molar-refractivity contribution in [1.29, 1.82) is 0 Å². The number of nitrogen functional groups attached to an aromatic ring is 1. The Morgan fingerprint density at radius 2 is 1.88 bits per heavy atom. The number of carboxylic acids is 1. The van der Waals surface area contributed by atoms with Crippen molar-refractivity contribution in [3.8, 4) is 5.69 Å². The summed E-state index contributed by atoms with van der Waals surface area (Å²) in [6.07, 6.45) is 1.27. The predicted octanol–water partition coefficient (Wildman–Crippen LogP) is 0.513. The summed E-state index contributed by atoms with van der Waals surface area (Å²) in [4.78, 5) is 22.6. The van der Waals surface area contributed by atoms with Crippen LogP contribution in [0.4, 0.5) is 5.69 Å². The first-order valence-corrected chi connectivity index (χ1v) is 4.77. The molecular formula is C11H9N3O3. The van der Waals surface area contributed by atoms with Crippen LogP contribution in [0.25, 0.3) is 5.69 Å². The highest BCUT2D eigenvalue weighted by atomic mass is 16.4. The first-order valence-electron chi connectivity index (χ1n) is 4.77. The minimum absolute atomic E-state index is 0.322. The quantitative estimate of drug-likeness (QED) is 0.734. The highest BCUT2D eigenvalue weighted by Gasteiger charge is 2.11. The molecule has 0 unspecified atom stereocenters. The summed E-state index contributed by atoms with van der Waals surface area (Å²) in [5, 5.41) is 12.6. The second-order valence-electron chi connectivity index (χ2n) is 3.36. The normalized spacial score (nSPS) is 10.1. The third-order valence-electron chi connectivity index (χ3n) is 2.21. The van der Waals surface area contributed by atoms with Crippen LogP contribution in [-0.4, -0.2) is 20.9 Å². The van der Waals surface area contributed by atoms with Gasteiger partial charge in [0, 0.05) is 11.9 Å². The van der Waals surface area contributed by atoms with E-state index in [2.05, 4.69) is 5.10 Å². The maximum atomic E-state index is 11.8. The van der Waals surface area contributed by atoms with Crippen molar-refractivity contribution < 1.29 is 9.90 Å². The fraction of sp³-hybridized carbons (Fsp3) is 0. The van der Waals surface area contributed by atoms with Crippen LogP contribution < -0.4 is 11.3 Å². The number of carbonyl (C=O) groups is 1. The van der Waals surface area contributed by atoms with E-state index in [1.165, 1.54) is 12.3 Å². The summed E-state index contributed by atoms with van der Waals surface area (Å²) in [5.74, 6) is -1.28. The van der Waals surface area contributed by atoms with Gasteiger partial charge in [0.15, 0.2) is 0 Å². The lowest BCUT2D eigenvalue weighted by atomic mass is 10.2. The molecule has 17 heavy (non-hydrogen) atoms. The number of hydrogen-bond acceptors (Lipinski definition) is 4. The molecule has 0 atom stereocenters. The molecule has 0 fully saturated rings. The zero-order valence-corrected chi connectivity index (χ0v) is 8.70. The Hall–Kier alpha value is -2.63. The second kappa shape index (κ2) is 4.09. The Balaban J connectivity index is 2.61. The third-order valence-corrected chi connectivity index (χ3v) is 2.21. The molecule has 6 heteroatoms. The van der Waals surface area contributed by atoms with Crippen LogP contribution in [0.3, 0.4) is 0 Å². The van der Waals surface area contributed by atoms with E-state index >= 15 is 0 Å². The Morgan fingerprint density at radius 3 is 2.47 bits per heavy atom. The maximum absolute atomic E-state index is 11.8. The minimum Gasteiger partial charge on any atom is -0.477 e. The lowest BCUT2D eigenvalue weighted by molar-refractivity contribution is 0.0694. The molecule has 0 saturated carbocycles. The summed E-state index contributed by atoms with van der Waals surface area (Å²) in [5.41, 5.74) is 5.54. The molecule has 0 bridgehead atoms. The zero-order valence-electron chi connectivity index (χ0n) is 8.70. The molecule has 1 heterocycles. The van der Waals surface area contributed by atoms with Gasteiger partial charge >= 0.3 is 5.97 Å². The lowest BCUT2D eigenvalue weighted by Gasteiger charge is -2.04. The first-order chi connectivity index (χ1) is 8.09. The Labute approximate surface area is 95.9 Å². The minimum atomic E-state index is -1.28. The molecule has 2 aromatic rings. The average Bonchev–Trinajstić information content (AvgIpc) is 2.30. The van der Waals surface area contributed by atoms with E-state index in [9.17, 15) is 9.59 Å². The van der Waals surface area contributed by atoms with Crippen LogP contribution in [0.1, 0.15) is 10.4 Å². The average molecular weight is 231 g/mol. The van der Waals surface area contributed by atoms with Gasteiger partial charge in [0.05, 0.1) is 5.69 Å². The molecule has 1 aromatic carbocycles. The molecule has 0 spiro atoms. The van der Waals surface area contributed by atoms with E-state index in [1.54, 1.807) is 24.3 Å². The third kappa shape index (κ3) is 2.00. The Bertz CT molecular complexity index is 617. The maximum Gasteiger partial charge on any atom is 0.341 e. The number of benzene rings is 1. The zero-order chi connectivity index (χ0) is 12.4. The van der Waals surface area contributed by atoms with Crippen molar-refractivity contribution in [1.82, 2.24) is 9.78 Å². The molecule has 0 amide bonds. The smallest absolute Gasteiger partial charge is 0.341 e. The van der Waals surface area contributed by atoms with Gasteiger partial charge in [0.25, 0.3) is 5.56 Å². The first kappa shape index (κ1) is 10.9. The molecule has 0 radical (unpaired) electrons. The van der Waals surface area contributed by atoms with Gasteiger partial charge in [-0.3, -0.25) is 4.79 Å². The summed E-state index contributed by atoms with van der Waals surface area (Å²) in [6, 6.07) is 7.57. The number of hydrogen-bond donors (Lipinski definition) is 2. The van der Waals surface area contributed by atoms with Crippen molar-refractivity contribution >= 4 is 11.7 Å². The van der Waals surface area contributed by atoms with Crippen LogP contribution in [-0.2, 0) is 0 Å². The number of anilines is 1. The molecular weight excluding hydrogens is 222 g/mol. The van der Waals surface area contributed by atoms with Gasteiger partial charge in [-0.25, -0.2) is 4.79 Å². The van der Waals surface area contributed by atoms with Crippen LogP contribution >= 0.6 is 0 Å². The van der Waals surface area contributed by atoms with Crippen molar-refractivity contribution in [2.45, 2.75) is 0 Å². The number of aromatic nitrogens is 2. The molecule has 0 aliphatic carbocycles.